The molecule has 0 aromatic rings. The van der Waals surface area contributed by atoms with Crippen LogP contribution in [0, 0.1) is 5.92 Å². The van der Waals surface area contributed by atoms with Gasteiger partial charge in [-0.15, -0.1) is 0 Å². The van der Waals surface area contributed by atoms with Gasteiger partial charge in [0.15, 0.2) is 0 Å². The summed E-state index contributed by atoms with van der Waals surface area (Å²) in [5.41, 5.74) is 6.05. The molecule has 0 aliphatic carbocycles. The summed E-state index contributed by atoms with van der Waals surface area (Å²) in [6.07, 6.45) is 0. The van der Waals surface area contributed by atoms with Gasteiger partial charge >= 0.3 is 0 Å². The number of hydrogen-bond donors (Lipinski definition) is 1. The first-order valence-corrected chi connectivity index (χ1v) is 5.52. The van der Waals surface area contributed by atoms with Crippen LogP contribution < -0.4 is 5.73 Å². The van der Waals surface area contributed by atoms with E-state index in [0.717, 1.165) is 26.2 Å². The Kier molecular flexibility index (Phi) is 3.93. The molecule has 1 saturated heterocycles. The zero-order chi connectivity index (χ0) is 10.8. The van der Waals surface area contributed by atoms with E-state index in [1.54, 1.807) is 0 Å². The quantitative estimate of drug-likeness (QED) is 0.741. The molecule has 14 heavy (non-hydrogen) atoms. The summed E-state index contributed by atoms with van der Waals surface area (Å²) in [6, 6.07) is 0.281. The SMILES string of the molecule is CC(C)[C@H](N)CN1CCOC(C)(C)C1. The molecule has 2 N–H and O–H groups in total. The molecule has 3 nitrogen and oxygen atoms in total. The third-order valence-electron chi connectivity index (χ3n) is 2.83. The highest BCUT2D eigenvalue weighted by atomic mass is 16.5. The Morgan fingerprint density at radius 2 is 2.07 bits per heavy atom. The standard InChI is InChI=1S/C11H24N2O/c1-9(2)10(12)7-13-5-6-14-11(3,4)8-13/h9-10H,5-8,12H2,1-4H3/t10-/m1/s1. The second kappa shape index (κ2) is 4.60. The van der Waals surface area contributed by atoms with Crippen molar-refractivity contribution in [1.82, 2.24) is 4.90 Å². The van der Waals surface area contributed by atoms with Gasteiger partial charge in [-0.1, -0.05) is 13.8 Å². The second-order valence-electron chi connectivity index (χ2n) is 5.25. The van der Waals surface area contributed by atoms with Crippen molar-refractivity contribution in [1.29, 1.82) is 0 Å². The van der Waals surface area contributed by atoms with Crippen molar-refractivity contribution in [3.8, 4) is 0 Å². The number of rotatable bonds is 3. The van der Waals surface area contributed by atoms with Crippen LogP contribution in [0.2, 0.25) is 0 Å². The lowest BCUT2D eigenvalue weighted by molar-refractivity contribution is -0.0876. The van der Waals surface area contributed by atoms with E-state index in [9.17, 15) is 0 Å². The zero-order valence-corrected chi connectivity index (χ0v) is 9.92. The number of nitrogens with two attached hydrogens (primary N) is 1. The van der Waals surface area contributed by atoms with Crippen molar-refractivity contribution in [3.05, 3.63) is 0 Å². The maximum Gasteiger partial charge on any atom is 0.0753 e. The molecule has 0 radical (unpaired) electrons. The molecule has 0 spiro atoms. The summed E-state index contributed by atoms with van der Waals surface area (Å²) < 4.78 is 5.66. The van der Waals surface area contributed by atoms with Gasteiger partial charge in [0.25, 0.3) is 0 Å². The summed E-state index contributed by atoms with van der Waals surface area (Å²) >= 11 is 0. The summed E-state index contributed by atoms with van der Waals surface area (Å²) in [6.45, 7) is 12.5. The predicted octanol–water partition coefficient (Wildman–Crippen LogP) is 1.08. The van der Waals surface area contributed by atoms with E-state index in [1.165, 1.54) is 0 Å². The van der Waals surface area contributed by atoms with Crippen molar-refractivity contribution < 1.29 is 4.74 Å². The minimum atomic E-state index is -0.00501. The van der Waals surface area contributed by atoms with Gasteiger partial charge in [-0.2, -0.15) is 0 Å². The molecule has 0 bridgehead atoms. The third kappa shape index (κ3) is 3.56. The highest BCUT2D eigenvalue weighted by Crippen LogP contribution is 2.16. The van der Waals surface area contributed by atoms with Crippen LogP contribution in [0.25, 0.3) is 0 Å². The molecular formula is C11H24N2O. The number of ether oxygens (including phenoxy) is 1. The number of hydrogen-bond acceptors (Lipinski definition) is 3. The Labute approximate surface area is 87.6 Å². The van der Waals surface area contributed by atoms with E-state index in [1.807, 2.05) is 0 Å². The summed E-state index contributed by atoms with van der Waals surface area (Å²) in [4.78, 5) is 2.41. The molecule has 1 aliphatic heterocycles. The molecule has 1 atom stereocenters. The van der Waals surface area contributed by atoms with Crippen molar-refractivity contribution in [3.63, 3.8) is 0 Å². The van der Waals surface area contributed by atoms with E-state index in [-0.39, 0.29) is 11.6 Å². The fraction of sp³-hybridized carbons (Fsp3) is 1.00. The molecule has 0 aromatic carbocycles. The minimum absolute atomic E-state index is 0.00501. The smallest absolute Gasteiger partial charge is 0.0753 e. The average molecular weight is 200 g/mol. The van der Waals surface area contributed by atoms with Crippen LogP contribution in [0.3, 0.4) is 0 Å². The topological polar surface area (TPSA) is 38.5 Å². The molecule has 0 saturated carbocycles. The number of morpholine rings is 1. The van der Waals surface area contributed by atoms with E-state index in [4.69, 9.17) is 10.5 Å². The third-order valence-corrected chi connectivity index (χ3v) is 2.83. The minimum Gasteiger partial charge on any atom is -0.373 e. The second-order valence-corrected chi connectivity index (χ2v) is 5.25. The maximum atomic E-state index is 6.05. The lowest BCUT2D eigenvalue weighted by atomic mass is 10.0. The van der Waals surface area contributed by atoms with Crippen LogP contribution in [-0.2, 0) is 4.74 Å². The van der Waals surface area contributed by atoms with Gasteiger partial charge in [-0.3, -0.25) is 4.90 Å². The predicted molar refractivity (Wildman–Crippen MR) is 59.3 cm³/mol. The van der Waals surface area contributed by atoms with Gasteiger partial charge in [-0.25, -0.2) is 0 Å². The van der Waals surface area contributed by atoms with Gasteiger partial charge in [0.2, 0.25) is 0 Å². The largest absolute Gasteiger partial charge is 0.373 e. The molecule has 1 fully saturated rings. The number of nitrogens with zero attached hydrogens (tertiary/aromatic N) is 1. The Balaban J connectivity index is 2.38. The normalized spacial score (nSPS) is 25.3. The van der Waals surface area contributed by atoms with Crippen molar-refractivity contribution >= 4 is 0 Å². The molecule has 1 rings (SSSR count). The first-order chi connectivity index (χ1) is 6.41. The van der Waals surface area contributed by atoms with Gasteiger partial charge in [0.1, 0.15) is 0 Å². The van der Waals surface area contributed by atoms with Gasteiger partial charge in [0, 0.05) is 25.7 Å². The molecule has 1 heterocycles. The molecular weight excluding hydrogens is 176 g/mol. The van der Waals surface area contributed by atoms with Crippen LogP contribution in [0.4, 0.5) is 0 Å². The molecule has 0 unspecified atom stereocenters. The van der Waals surface area contributed by atoms with Gasteiger partial charge in [-0.05, 0) is 19.8 Å². The monoisotopic (exact) mass is 200 g/mol. The Morgan fingerprint density at radius 3 is 2.57 bits per heavy atom. The fourth-order valence-electron chi connectivity index (χ4n) is 1.78. The molecule has 0 amide bonds. The molecule has 84 valence electrons. The van der Waals surface area contributed by atoms with Crippen LogP contribution >= 0.6 is 0 Å². The van der Waals surface area contributed by atoms with E-state index < -0.39 is 0 Å². The molecule has 1 aliphatic rings. The van der Waals surface area contributed by atoms with Crippen LogP contribution in [0.5, 0.6) is 0 Å². The summed E-state index contributed by atoms with van der Waals surface area (Å²) in [7, 11) is 0. The summed E-state index contributed by atoms with van der Waals surface area (Å²) in [5, 5.41) is 0. The molecule has 0 aromatic heterocycles. The molecule has 3 heteroatoms. The van der Waals surface area contributed by atoms with E-state index in [2.05, 4.69) is 32.6 Å². The van der Waals surface area contributed by atoms with Crippen molar-refractivity contribution in [2.75, 3.05) is 26.2 Å². The highest BCUT2D eigenvalue weighted by Gasteiger charge is 2.28. The maximum absolute atomic E-state index is 6.05. The van der Waals surface area contributed by atoms with Crippen molar-refractivity contribution in [2.24, 2.45) is 11.7 Å². The van der Waals surface area contributed by atoms with Gasteiger partial charge < -0.3 is 10.5 Å². The summed E-state index contributed by atoms with van der Waals surface area (Å²) in [5.74, 6) is 0.556. The van der Waals surface area contributed by atoms with Crippen LogP contribution in [0.15, 0.2) is 0 Å². The average Bonchev–Trinajstić information content (AvgIpc) is 2.01. The van der Waals surface area contributed by atoms with Crippen LogP contribution in [-0.4, -0.2) is 42.8 Å². The van der Waals surface area contributed by atoms with Crippen LogP contribution in [0.1, 0.15) is 27.7 Å². The van der Waals surface area contributed by atoms with Gasteiger partial charge in [0.05, 0.1) is 12.2 Å². The lowest BCUT2D eigenvalue weighted by Gasteiger charge is -2.39. The Hall–Kier alpha value is -0.120. The first-order valence-electron chi connectivity index (χ1n) is 5.52. The zero-order valence-electron chi connectivity index (χ0n) is 9.92. The van der Waals surface area contributed by atoms with Crippen molar-refractivity contribution in [2.45, 2.75) is 39.3 Å². The highest BCUT2D eigenvalue weighted by molar-refractivity contribution is 4.81. The van der Waals surface area contributed by atoms with E-state index in [0.29, 0.717) is 5.92 Å². The Morgan fingerprint density at radius 1 is 1.43 bits per heavy atom. The fourth-order valence-corrected chi connectivity index (χ4v) is 1.78. The lowest BCUT2D eigenvalue weighted by Crippen LogP contribution is -2.52. The first kappa shape index (κ1) is 12.0. The Bertz CT molecular complexity index is 180. The van der Waals surface area contributed by atoms with E-state index >= 15 is 0 Å².